The number of aromatic nitrogens is 4. The normalized spacial score (nSPS) is 12.1. The Morgan fingerprint density at radius 2 is 1.41 bits per heavy atom. The summed E-state index contributed by atoms with van der Waals surface area (Å²) in [4.78, 5) is 15.6. The van der Waals surface area contributed by atoms with Crippen LogP contribution in [0.3, 0.4) is 0 Å². The van der Waals surface area contributed by atoms with Crippen molar-refractivity contribution in [2.45, 2.75) is 24.3 Å². The summed E-state index contributed by atoms with van der Waals surface area (Å²) in [5.41, 5.74) is 10.4. The van der Waals surface area contributed by atoms with Crippen LogP contribution in [-0.4, -0.2) is 81.5 Å². The van der Waals surface area contributed by atoms with Crippen LogP contribution in [-0.2, 0) is 10.0 Å². The molecule has 4 rings (SSSR count). The molecule has 0 amide bonds. The second-order valence-electron chi connectivity index (χ2n) is 8.68. The molecule has 3 aromatic heterocycles. The molecule has 44 heavy (non-hydrogen) atoms. The summed E-state index contributed by atoms with van der Waals surface area (Å²) in [6, 6.07) is 5.24. The molecule has 13 N–H and O–H groups in total. The molecule has 234 valence electrons. The smallest absolute Gasteiger partial charge is 0.454 e. The van der Waals surface area contributed by atoms with Gasteiger partial charge in [-0.15, -0.1) is 0 Å². The molecule has 20 nitrogen and oxygen atoms in total. The second-order valence-corrected chi connectivity index (χ2v) is 10.3. The minimum Gasteiger partial charge on any atom is -0.503 e. The Bertz CT molecular complexity index is 1800. The molecular formula is C23H23N7O13S. The number of aryl methyl sites for hydroxylation is 1. The summed E-state index contributed by atoms with van der Waals surface area (Å²) in [7, 11) is -4.67. The number of aliphatic hydroxyl groups is 6. The Morgan fingerprint density at radius 1 is 0.818 bits per heavy atom. The summed E-state index contributed by atoms with van der Waals surface area (Å²) in [5.74, 6) is -8.52. The Hall–Kier alpha value is -5.29. The standard InChI is InChI=1S/C23H23N7O13S/c1-9-2-3-11(27-8-9)44(39,40)30-20-18(21(43-23(36,37)38)29-19(28-20)10-4-6-26-7-5-10)41-16-14(31)12(24)13(25)15(32)17(16)42-22(33,34)35/h2-8,31-38H,24-25H2,1H3,(H,28,29,30). The number of pyridine rings is 2. The van der Waals surface area contributed by atoms with Gasteiger partial charge in [0.15, 0.2) is 28.2 Å². The topological polar surface area (TPSA) is 339 Å². The number of benzene rings is 1. The molecule has 0 unspecified atom stereocenters. The highest BCUT2D eigenvalue weighted by Crippen LogP contribution is 2.55. The average molecular weight is 638 g/mol. The highest BCUT2D eigenvalue weighted by atomic mass is 32.2. The Balaban J connectivity index is 2.03. The fraction of sp³-hybridized carbons (Fsp3) is 0.130. The lowest BCUT2D eigenvalue weighted by molar-refractivity contribution is -0.421. The van der Waals surface area contributed by atoms with Crippen molar-refractivity contribution in [3.8, 4) is 46.0 Å². The molecule has 0 aliphatic heterocycles. The van der Waals surface area contributed by atoms with E-state index in [-0.39, 0.29) is 5.56 Å². The van der Waals surface area contributed by atoms with Crippen LogP contribution in [0, 0.1) is 6.92 Å². The summed E-state index contributed by atoms with van der Waals surface area (Å²) in [6.45, 7) is 1.64. The lowest BCUT2D eigenvalue weighted by Crippen LogP contribution is -2.35. The molecular weight excluding hydrogens is 614 g/mol. The number of aromatic hydroxyl groups is 2. The van der Waals surface area contributed by atoms with Crippen LogP contribution in [0.2, 0.25) is 0 Å². The zero-order chi connectivity index (χ0) is 32.6. The van der Waals surface area contributed by atoms with E-state index >= 15 is 0 Å². The van der Waals surface area contributed by atoms with Crippen LogP contribution in [0.5, 0.6) is 34.6 Å². The number of phenolic OH excluding ortho intramolecular Hbond substituents is 2. The predicted molar refractivity (Wildman–Crippen MR) is 144 cm³/mol. The maximum atomic E-state index is 13.3. The van der Waals surface area contributed by atoms with Gasteiger partial charge >= 0.3 is 12.3 Å². The lowest BCUT2D eigenvalue weighted by Gasteiger charge is -2.23. The van der Waals surface area contributed by atoms with Crippen molar-refractivity contribution in [2.24, 2.45) is 0 Å². The Morgan fingerprint density at radius 3 is 1.95 bits per heavy atom. The lowest BCUT2D eigenvalue weighted by atomic mass is 10.2. The molecule has 0 aliphatic rings. The first kappa shape index (κ1) is 31.6. The Kier molecular flexibility index (Phi) is 8.21. The van der Waals surface area contributed by atoms with E-state index in [2.05, 4.69) is 29.4 Å². The minimum absolute atomic E-state index is 0.136. The highest BCUT2D eigenvalue weighted by Gasteiger charge is 2.35. The summed E-state index contributed by atoms with van der Waals surface area (Å²) in [6.07, 6.45) is -4.22. The summed E-state index contributed by atoms with van der Waals surface area (Å²) in [5, 5.41) is 77.5. The van der Waals surface area contributed by atoms with Crippen molar-refractivity contribution >= 4 is 27.2 Å². The number of nitrogens with two attached hydrogens (primary N) is 2. The van der Waals surface area contributed by atoms with Crippen LogP contribution >= 0.6 is 0 Å². The van der Waals surface area contributed by atoms with Gasteiger partial charge in [-0.2, -0.15) is 13.4 Å². The first-order chi connectivity index (χ1) is 20.4. The molecule has 0 spiro atoms. The monoisotopic (exact) mass is 637 g/mol. The van der Waals surface area contributed by atoms with Crippen molar-refractivity contribution in [2.75, 3.05) is 16.2 Å². The molecule has 0 radical (unpaired) electrons. The van der Waals surface area contributed by atoms with Gasteiger partial charge in [-0.3, -0.25) is 9.71 Å². The number of anilines is 3. The maximum absolute atomic E-state index is 13.3. The van der Waals surface area contributed by atoms with E-state index in [0.29, 0.717) is 5.56 Å². The van der Waals surface area contributed by atoms with E-state index in [1.807, 2.05) is 4.72 Å². The van der Waals surface area contributed by atoms with Crippen LogP contribution in [0.15, 0.2) is 47.9 Å². The largest absolute Gasteiger partial charge is 0.503 e. The van der Waals surface area contributed by atoms with Gasteiger partial charge in [-0.25, -0.2) is 9.97 Å². The van der Waals surface area contributed by atoms with Gasteiger partial charge in [0.1, 0.15) is 11.4 Å². The van der Waals surface area contributed by atoms with Crippen molar-refractivity contribution < 1.29 is 63.5 Å². The number of sulfonamides is 1. The number of nitrogens with one attached hydrogen (secondary N) is 1. The van der Waals surface area contributed by atoms with E-state index in [4.69, 9.17) is 16.2 Å². The second kappa shape index (κ2) is 11.4. The molecule has 21 heteroatoms. The fourth-order valence-electron chi connectivity index (χ4n) is 3.36. The van der Waals surface area contributed by atoms with Crippen LogP contribution < -0.4 is 30.4 Å². The van der Waals surface area contributed by atoms with Crippen LogP contribution in [0.4, 0.5) is 17.2 Å². The molecule has 0 aliphatic carbocycles. The summed E-state index contributed by atoms with van der Waals surface area (Å²) >= 11 is 0. The number of hydrogen-bond donors (Lipinski definition) is 11. The molecule has 0 saturated heterocycles. The van der Waals surface area contributed by atoms with Crippen LogP contribution in [0.25, 0.3) is 11.4 Å². The number of hydrogen-bond acceptors (Lipinski definition) is 19. The zero-order valence-corrected chi connectivity index (χ0v) is 22.8. The zero-order valence-electron chi connectivity index (χ0n) is 22.0. The molecule has 0 saturated carbocycles. The van der Waals surface area contributed by atoms with Gasteiger partial charge in [0.05, 0.1) is 0 Å². The van der Waals surface area contributed by atoms with Crippen molar-refractivity contribution in [1.82, 2.24) is 19.9 Å². The number of ether oxygens (including phenoxy) is 3. The van der Waals surface area contributed by atoms with Gasteiger partial charge in [-0.05, 0) is 30.7 Å². The van der Waals surface area contributed by atoms with E-state index in [9.17, 15) is 49.3 Å². The minimum atomic E-state index is -4.67. The van der Waals surface area contributed by atoms with E-state index < -0.39 is 85.0 Å². The van der Waals surface area contributed by atoms with E-state index in [0.717, 1.165) is 6.07 Å². The SMILES string of the molecule is Cc1ccc(S(=O)(=O)Nc2nc(-c3ccncc3)nc(OC(O)(O)O)c2Oc2c(O)c(N)c(N)c(O)c2OC(O)(O)O)nc1. The quantitative estimate of drug-likeness (QED) is 0.0401. The average Bonchev–Trinajstić information content (AvgIpc) is 2.92. The maximum Gasteiger partial charge on any atom is 0.454 e. The van der Waals surface area contributed by atoms with Crippen molar-refractivity contribution in [3.05, 3.63) is 48.4 Å². The van der Waals surface area contributed by atoms with Gasteiger partial charge in [0.25, 0.3) is 15.9 Å². The third-order valence-corrected chi connectivity index (χ3v) is 6.53. The molecule has 4 aromatic rings. The highest BCUT2D eigenvalue weighted by molar-refractivity contribution is 7.92. The molecule has 0 atom stereocenters. The van der Waals surface area contributed by atoms with Gasteiger partial charge in [0, 0.05) is 24.2 Å². The molecule has 0 bridgehead atoms. The van der Waals surface area contributed by atoms with Crippen molar-refractivity contribution in [1.29, 1.82) is 0 Å². The van der Waals surface area contributed by atoms with Crippen molar-refractivity contribution in [3.63, 3.8) is 0 Å². The number of rotatable bonds is 10. The molecule has 1 aromatic carbocycles. The first-order valence-corrected chi connectivity index (χ1v) is 13.2. The number of nitrogens with zero attached hydrogens (tertiary/aromatic N) is 4. The molecule has 3 heterocycles. The summed E-state index contributed by atoms with van der Waals surface area (Å²) < 4.78 is 43.1. The first-order valence-electron chi connectivity index (χ1n) is 11.7. The van der Waals surface area contributed by atoms with E-state index in [1.165, 1.54) is 36.8 Å². The Labute approximate surface area is 245 Å². The van der Waals surface area contributed by atoms with E-state index in [1.54, 1.807) is 6.92 Å². The van der Waals surface area contributed by atoms with Gasteiger partial charge < -0.3 is 66.5 Å². The third kappa shape index (κ3) is 7.01. The van der Waals surface area contributed by atoms with Gasteiger partial charge in [-0.1, -0.05) is 6.07 Å². The molecule has 0 fully saturated rings. The van der Waals surface area contributed by atoms with Gasteiger partial charge in [0.2, 0.25) is 17.2 Å². The fourth-order valence-corrected chi connectivity index (χ4v) is 4.29. The number of nitrogen functional groups attached to an aromatic ring is 2. The number of phenols is 2. The van der Waals surface area contributed by atoms with Crippen LogP contribution in [0.1, 0.15) is 5.56 Å². The predicted octanol–water partition coefficient (Wildman–Crippen LogP) is -1.66. The third-order valence-electron chi connectivity index (χ3n) is 5.28.